The van der Waals surface area contributed by atoms with Gasteiger partial charge in [-0.25, -0.2) is 17.6 Å². The van der Waals surface area contributed by atoms with Crippen molar-refractivity contribution in [2.45, 2.75) is 31.3 Å². The van der Waals surface area contributed by atoms with E-state index in [2.05, 4.69) is 0 Å². The van der Waals surface area contributed by atoms with E-state index in [1.54, 1.807) is 0 Å². The summed E-state index contributed by atoms with van der Waals surface area (Å²) in [4.78, 5) is 10.5. The molecule has 0 fully saturated rings. The summed E-state index contributed by atoms with van der Waals surface area (Å²) in [7, 11) is -2.88. The molecule has 0 spiro atoms. The van der Waals surface area contributed by atoms with E-state index >= 15 is 0 Å². The number of aromatic carboxylic acids is 1. The fourth-order valence-electron chi connectivity index (χ4n) is 1.84. The Hall–Kier alpha value is -1.51. The van der Waals surface area contributed by atoms with Crippen LogP contribution in [0.25, 0.3) is 0 Å². The van der Waals surface area contributed by atoms with Crippen LogP contribution in [-0.4, -0.2) is 48.1 Å². The van der Waals surface area contributed by atoms with Crippen LogP contribution < -0.4 is 0 Å². The molecule has 0 bridgehead atoms. The van der Waals surface area contributed by atoms with Gasteiger partial charge in [-0.15, -0.1) is 0 Å². The van der Waals surface area contributed by atoms with Crippen molar-refractivity contribution in [3.63, 3.8) is 0 Å². The summed E-state index contributed by atoms with van der Waals surface area (Å²) in [5.41, 5.74) is -1.89. The van der Waals surface area contributed by atoms with Gasteiger partial charge in [0.2, 0.25) is 10.0 Å². The first-order valence-electron chi connectivity index (χ1n) is 6.08. The second-order valence-electron chi connectivity index (χ2n) is 5.46. The van der Waals surface area contributed by atoms with Gasteiger partial charge in [0.1, 0.15) is 5.82 Å². The lowest BCUT2D eigenvalue weighted by Crippen LogP contribution is -2.40. The van der Waals surface area contributed by atoms with Crippen LogP contribution in [0.4, 0.5) is 4.39 Å². The normalized spacial score (nSPS) is 12.7. The number of carboxylic acids is 1. The molecule has 0 heterocycles. The van der Waals surface area contributed by atoms with Gasteiger partial charge in [0.15, 0.2) is 0 Å². The number of likely N-dealkylation sites (N-methyl/N-ethyl adjacent to an activating group) is 1. The predicted molar refractivity (Wildman–Crippen MR) is 74.2 cm³/mol. The summed E-state index contributed by atoms with van der Waals surface area (Å²) >= 11 is 0. The van der Waals surface area contributed by atoms with Gasteiger partial charge in [0, 0.05) is 19.2 Å². The van der Waals surface area contributed by atoms with E-state index in [1.165, 1.54) is 27.8 Å². The second-order valence-corrected chi connectivity index (χ2v) is 7.47. The van der Waals surface area contributed by atoms with Gasteiger partial charge in [-0.1, -0.05) is 0 Å². The van der Waals surface area contributed by atoms with Crippen LogP contribution in [0.2, 0.25) is 0 Å². The highest BCUT2D eigenvalue weighted by Gasteiger charge is 2.29. The molecule has 0 amide bonds. The molecule has 6 nitrogen and oxygen atoms in total. The third kappa shape index (κ3) is 3.99. The van der Waals surface area contributed by atoms with Crippen molar-refractivity contribution in [1.82, 2.24) is 4.31 Å². The number of hydrogen-bond donors (Lipinski definition) is 2. The molecule has 0 unspecified atom stereocenters. The summed E-state index contributed by atoms with van der Waals surface area (Å²) in [6, 6.07) is 1.68. The zero-order valence-electron chi connectivity index (χ0n) is 12.2. The maximum absolute atomic E-state index is 13.7. The lowest BCUT2D eigenvalue weighted by atomic mass is 10.1. The highest BCUT2D eigenvalue weighted by Crippen LogP contribution is 2.24. The van der Waals surface area contributed by atoms with E-state index in [4.69, 9.17) is 5.11 Å². The molecule has 0 atom stereocenters. The van der Waals surface area contributed by atoms with Crippen molar-refractivity contribution in [3.8, 4) is 0 Å². The minimum absolute atomic E-state index is 0.164. The van der Waals surface area contributed by atoms with E-state index in [9.17, 15) is 22.7 Å². The van der Waals surface area contributed by atoms with Gasteiger partial charge in [0.05, 0.1) is 16.1 Å². The largest absolute Gasteiger partial charge is 0.478 e. The number of carboxylic acid groups (broad SMARTS) is 1. The SMILES string of the molecule is Cc1c(F)cc(C(=O)O)cc1S(=O)(=O)N(C)CC(C)(C)O. The van der Waals surface area contributed by atoms with Crippen LogP contribution in [-0.2, 0) is 10.0 Å². The molecule has 0 aliphatic rings. The molecule has 0 radical (unpaired) electrons. The monoisotopic (exact) mass is 319 g/mol. The summed E-state index contributed by atoms with van der Waals surface area (Å²) in [6.07, 6.45) is 0. The van der Waals surface area contributed by atoms with Crippen LogP contribution in [0.3, 0.4) is 0 Å². The van der Waals surface area contributed by atoms with Crippen LogP contribution in [0, 0.1) is 12.7 Å². The summed E-state index contributed by atoms with van der Waals surface area (Å²) in [5, 5.41) is 18.6. The Morgan fingerprint density at radius 3 is 2.33 bits per heavy atom. The molecule has 0 saturated carbocycles. The molecule has 1 aromatic carbocycles. The van der Waals surface area contributed by atoms with Crippen molar-refractivity contribution in [1.29, 1.82) is 0 Å². The summed E-state index contributed by atoms with van der Waals surface area (Å²) in [6.45, 7) is 3.90. The Labute approximate surface area is 122 Å². The van der Waals surface area contributed by atoms with Gasteiger partial charge in [0.25, 0.3) is 0 Å². The zero-order chi connectivity index (χ0) is 16.6. The molecule has 21 heavy (non-hydrogen) atoms. The molecule has 2 N–H and O–H groups in total. The molecule has 1 aromatic rings. The maximum Gasteiger partial charge on any atom is 0.335 e. The van der Waals surface area contributed by atoms with Crippen molar-refractivity contribution in [3.05, 3.63) is 29.1 Å². The number of aliphatic hydroxyl groups is 1. The fraction of sp³-hybridized carbons (Fsp3) is 0.462. The highest BCUT2D eigenvalue weighted by atomic mass is 32.2. The van der Waals surface area contributed by atoms with E-state index in [0.717, 1.165) is 16.4 Å². The zero-order valence-corrected chi connectivity index (χ0v) is 13.0. The molecule has 0 aliphatic heterocycles. The number of rotatable bonds is 5. The van der Waals surface area contributed by atoms with Crippen LogP contribution >= 0.6 is 0 Å². The molecule has 8 heteroatoms. The van der Waals surface area contributed by atoms with Crippen LogP contribution in [0.5, 0.6) is 0 Å². The smallest absolute Gasteiger partial charge is 0.335 e. The molecular formula is C13H18FNO5S. The van der Waals surface area contributed by atoms with E-state index in [0.29, 0.717) is 0 Å². The van der Waals surface area contributed by atoms with Crippen molar-refractivity contribution < 1.29 is 27.8 Å². The number of carbonyl (C=O) groups is 1. The third-order valence-electron chi connectivity index (χ3n) is 2.84. The van der Waals surface area contributed by atoms with Gasteiger partial charge in [-0.3, -0.25) is 0 Å². The number of sulfonamides is 1. The Kier molecular flexibility index (Phi) is 4.76. The van der Waals surface area contributed by atoms with Crippen molar-refractivity contribution in [2.24, 2.45) is 0 Å². The van der Waals surface area contributed by atoms with E-state index < -0.39 is 37.9 Å². The Balaban J connectivity index is 3.41. The van der Waals surface area contributed by atoms with Gasteiger partial charge >= 0.3 is 5.97 Å². The minimum Gasteiger partial charge on any atom is -0.478 e. The number of hydrogen-bond acceptors (Lipinski definition) is 4. The Morgan fingerprint density at radius 1 is 1.38 bits per heavy atom. The first-order chi connectivity index (χ1) is 9.36. The first-order valence-corrected chi connectivity index (χ1v) is 7.52. The van der Waals surface area contributed by atoms with Crippen LogP contribution in [0.15, 0.2) is 17.0 Å². The first kappa shape index (κ1) is 17.5. The second kappa shape index (κ2) is 5.70. The molecule has 1 rings (SSSR count). The van der Waals surface area contributed by atoms with E-state index in [1.807, 2.05) is 0 Å². The lowest BCUT2D eigenvalue weighted by Gasteiger charge is -2.25. The summed E-state index contributed by atoms with van der Waals surface area (Å²) in [5.74, 6) is -2.33. The minimum atomic E-state index is -4.11. The molecular weight excluding hydrogens is 301 g/mol. The quantitative estimate of drug-likeness (QED) is 0.851. The van der Waals surface area contributed by atoms with Crippen LogP contribution in [0.1, 0.15) is 29.8 Å². The molecule has 0 saturated heterocycles. The summed E-state index contributed by atoms with van der Waals surface area (Å²) < 4.78 is 39.4. The number of benzene rings is 1. The Morgan fingerprint density at radius 2 is 1.90 bits per heavy atom. The topological polar surface area (TPSA) is 94.9 Å². The average molecular weight is 319 g/mol. The highest BCUT2D eigenvalue weighted by molar-refractivity contribution is 7.89. The fourth-order valence-corrected chi connectivity index (χ4v) is 3.42. The maximum atomic E-state index is 13.7. The predicted octanol–water partition coefficient (Wildman–Crippen LogP) is 1.22. The van der Waals surface area contributed by atoms with Crippen molar-refractivity contribution >= 4 is 16.0 Å². The average Bonchev–Trinajstić information content (AvgIpc) is 2.29. The van der Waals surface area contributed by atoms with Gasteiger partial charge in [-0.2, -0.15) is 4.31 Å². The molecule has 0 aliphatic carbocycles. The Bertz CT molecular complexity index is 664. The van der Waals surface area contributed by atoms with Gasteiger partial charge in [-0.05, 0) is 32.9 Å². The lowest BCUT2D eigenvalue weighted by molar-refractivity contribution is 0.0638. The molecule has 0 aromatic heterocycles. The standard InChI is InChI=1S/C13H18FNO5S/c1-8-10(14)5-9(12(16)17)6-11(8)21(19,20)15(4)7-13(2,3)18/h5-6,18H,7H2,1-4H3,(H,16,17). The number of halogens is 1. The third-order valence-corrected chi connectivity index (χ3v) is 4.77. The van der Waals surface area contributed by atoms with Crippen molar-refractivity contribution in [2.75, 3.05) is 13.6 Å². The number of nitrogens with zero attached hydrogens (tertiary/aromatic N) is 1. The van der Waals surface area contributed by atoms with Gasteiger partial charge < -0.3 is 10.2 Å². The molecule has 118 valence electrons. The van der Waals surface area contributed by atoms with E-state index in [-0.39, 0.29) is 12.1 Å².